The minimum absolute atomic E-state index is 0. The van der Waals surface area contributed by atoms with E-state index in [-0.39, 0.29) is 22.3 Å². The molecule has 0 aliphatic rings. The summed E-state index contributed by atoms with van der Waals surface area (Å²) in [4.78, 5) is 10.1. The maximum Gasteiger partial charge on any atom is 0.324 e. The molecule has 0 unspecified atom stereocenters. The third kappa shape index (κ3) is 6.58. The van der Waals surface area contributed by atoms with Crippen molar-refractivity contribution in [3.8, 4) is 0 Å². The third-order valence-corrected chi connectivity index (χ3v) is 3.03. The Morgan fingerprint density at radius 2 is 2.29 bits per heavy atom. The van der Waals surface area contributed by atoms with Gasteiger partial charge in [0.15, 0.2) is 0 Å². The molecule has 1 aromatic heterocycles. The van der Waals surface area contributed by atoms with Gasteiger partial charge in [-0.3, -0.25) is 10.1 Å². The first-order valence-electron chi connectivity index (χ1n) is 5.15. The van der Waals surface area contributed by atoms with Gasteiger partial charge in [0.1, 0.15) is 0 Å². The van der Waals surface area contributed by atoms with Crippen molar-refractivity contribution in [2.24, 2.45) is 0 Å². The van der Waals surface area contributed by atoms with Crippen molar-refractivity contribution >= 4 is 28.7 Å². The van der Waals surface area contributed by atoms with Crippen molar-refractivity contribution in [3.05, 3.63) is 27.1 Å². The number of unbranched alkanes of at least 4 members (excludes halogenated alkanes) is 1. The molecule has 1 rings (SSSR count). The van der Waals surface area contributed by atoms with Crippen LogP contribution in [0.25, 0.3) is 0 Å². The molecule has 0 aliphatic heterocycles. The zero-order valence-electron chi connectivity index (χ0n) is 9.68. The van der Waals surface area contributed by atoms with Crippen molar-refractivity contribution in [3.63, 3.8) is 0 Å². The summed E-state index contributed by atoms with van der Waals surface area (Å²) in [5.74, 6) is 0. The number of rotatable bonds is 8. The quantitative estimate of drug-likeness (QED) is 0.452. The largest absolute Gasteiger partial charge is 0.385 e. The van der Waals surface area contributed by atoms with E-state index in [1.54, 1.807) is 13.2 Å². The SMILES string of the molecule is COCCCCNCc1csc([N+](=O)[O-])c1.Cl. The second kappa shape index (κ2) is 9.35. The molecule has 0 aromatic carbocycles. The minimum Gasteiger partial charge on any atom is -0.385 e. The predicted octanol–water partition coefficient (Wildman–Crippen LogP) is 2.59. The Hall–Kier alpha value is -0.690. The average molecular weight is 281 g/mol. The summed E-state index contributed by atoms with van der Waals surface area (Å²) in [6.07, 6.45) is 2.09. The van der Waals surface area contributed by atoms with E-state index in [4.69, 9.17) is 4.74 Å². The summed E-state index contributed by atoms with van der Waals surface area (Å²) in [7, 11) is 1.69. The number of halogens is 1. The highest BCUT2D eigenvalue weighted by Crippen LogP contribution is 2.22. The van der Waals surface area contributed by atoms with E-state index in [0.29, 0.717) is 6.54 Å². The second-order valence-electron chi connectivity index (χ2n) is 3.43. The molecule has 17 heavy (non-hydrogen) atoms. The molecule has 5 nitrogen and oxygen atoms in total. The van der Waals surface area contributed by atoms with Crippen molar-refractivity contribution < 1.29 is 9.66 Å². The summed E-state index contributed by atoms with van der Waals surface area (Å²) < 4.78 is 4.94. The van der Waals surface area contributed by atoms with E-state index >= 15 is 0 Å². The molecule has 98 valence electrons. The Bertz CT molecular complexity index is 333. The van der Waals surface area contributed by atoms with E-state index in [1.807, 2.05) is 5.38 Å². The fourth-order valence-electron chi connectivity index (χ4n) is 1.28. The lowest BCUT2D eigenvalue weighted by Crippen LogP contribution is -2.14. The van der Waals surface area contributed by atoms with Crippen molar-refractivity contribution in [1.29, 1.82) is 0 Å². The maximum atomic E-state index is 10.4. The molecule has 1 N–H and O–H groups in total. The Kier molecular flexibility index (Phi) is 8.97. The van der Waals surface area contributed by atoms with Crippen LogP contribution in [0, 0.1) is 10.1 Å². The highest BCUT2D eigenvalue weighted by Gasteiger charge is 2.08. The molecule has 0 spiro atoms. The normalized spacial score (nSPS) is 9.94. The molecule has 0 atom stereocenters. The Morgan fingerprint density at radius 1 is 1.53 bits per heavy atom. The zero-order chi connectivity index (χ0) is 11.8. The van der Waals surface area contributed by atoms with Gasteiger partial charge in [0.2, 0.25) is 0 Å². The van der Waals surface area contributed by atoms with Crippen LogP contribution < -0.4 is 5.32 Å². The van der Waals surface area contributed by atoms with Crippen LogP contribution in [0.2, 0.25) is 0 Å². The topological polar surface area (TPSA) is 64.4 Å². The molecule has 0 amide bonds. The number of hydrogen-bond acceptors (Lipinski definition) is 5. The number of nitrogens with one attached hydrogen (secondary N) is 1. The van der Waals surface area contributed by atoms with Crippen LogP contribution in [-0.2, 0) is 11.3 Å². The fourth-order valence-corrected chi connectivity index (χ4v) is 2.01. The summed E-state index contributed by atoms with van der Waals surface area (Å²) in [6.45, 7) is 2.38. The number of hydrogen-bond donors (Lipinski definition) is 1. The van der Waals surface area contributed by atoms with Crippen molar-refractivity contribution in [2.75, 3.05) is 20.3 Å². The van der Waals surface area contributed by atoms with Gasteiger partial charge < -0.3 is 10.1 Å². The highest BCUT2D eigenvalue weighted by molar-refractivity contribution is 7.13. The number of methoxy groups -OCH3 is 1. The molecule has 0 fully saturated rings. The summed E-state index contributed by atoms with van der Waals surface area (Å²) >= 11 is 1.17. The molecular formula is C10H17ClN2O3S. The van der Waals surface area contributed by atoms with Gasteiger partial charge in [-0.2, -0.15) is 0 Å². The molecule has 0 bridgehead atoms. The Morgan fingerprint density at radius 3 is 2.88 bits per heavy atom. The third-order valence-electron chi connectivity index (χ3n) is 2.10. The highest BCUT2D eigenvalue weighted by atomic mass is 35.5. The van der Waals surface area contributed by atoms with E-state index in [1.165, 1.54) is 11.3 Å². The van der Waals surface area contributed by atoms with Crippen LogP contribution in [-0.4, -0.2) is 25.2 Å². The van der Waals surface area contributed by atoms with Gasteiger partial charge in [-0.05, 0) is 24.9 Å². The lowest BCUT2D eigenvalue weighted by molar-refractivity contribution is -0.380. The summed E-state index contributed by atoms with van der Waals surface area (Å²) in [5, 5.41) is 15.7. The van der Waals surface area contributed by atoms with Gasteiger partial charge in [-0.25, -0.2) is 0 Å². The Labute approximate surface area is 111 Å². The maximum absolute atomic E-state index is 10.4. The number of thiophene rings is 1. The minimum atomic E-state index is -0.354. The van der Waals surface area contributed by atoms with Crippen LogP contribution in [0.15, 0.2) is 11.4 Å². The van der Waals surface area contributed by atoms with Gasteiger partial charge in [-0.1, -0.05) is 11.3 Å². The van der Waals surface area contributed by atoms with E-state index < -0.39 is 0 Å². The lowest BCUT2D eigenvalue weighted by Gasteiger charge is -2.02. The molecule has 0 saturated carbocycles. The molecule has 1 aromatic rings. The van der Waals surface area contributed by atoms with E-state index in [2.05, 4.69) is 5.32 Å². The molecular weight excluding hydrogens is 264 g/mol. The number of nitrogens with zero attached hydrogens (tertiary/aromatic N) is 1. The van der Waals surface area contributed by atoms with Crippen LogP contribution in [0.5, 0.6) is 0 Å². The molecule has 0 saturated heterocycles. The van der Waals surface area contributed by atoms with E-state index in [0.717, 1.165) is 31.6 Å². The van der Waals surface area contributed by atoms with Gasteiger partial charge >= 0.3 is 5.00 Å². The van der Waals surface area contributed by atoms with Crippen LogP contribution in [0.1, 0.15) is 18.4 Å². The standard InChI is InChI=1S/C10H16N2O3S.ClH/c1-15-5-3-2-4-11-7-9-6-10(12(13)14)16-8-9;/h6,8,11H,2-5,7H2,1H3;1H. The van der Waals surface area contributed by atoms with Crippen molar-refractivity contribution in [1.82, 2.24) is 5.32 Å². The first-order chi connectivity index (χ1) is 7.74. The predicted molar refractivity (Wildman–Crippen MR) is 71.0 cm³/mol. The second-order valence-corrected chi connectivity index (χ2v) is 4.32. The van der Waals surface area contributed by atoms with Gasteiger partial charge in [0.05, 0.1) is 4.92 Å². The van der Waals surface area contributed by atoms with Gasteiger partial charge in [0.25, 0.3) is 0 Å². The van der Waals surface area contributed by atoms with Gasteiger partial charge in [0, 0.05) is 31.7 Å². The number of ether oxygens (including phenoxy) is 1. The number of nitro groups is 1. The van der Waals surface area contributed by atoms with Gasteiger partial charge in [-0.15, -0.1) is 12.4 Å². The first kappa shape index (κ1) is 16.3. The molecule has 1 heterocycles. The van der Waals surface area contributed by atoms with Crippen LogP contribution in [0.3, 0.4) is 0 Å². The average Bonchev–Trinajstić information content (AvgIpc) is 2.72. The fraction of sp³-hybridized carbons (Fsp3) is 0.600. The monoisotopic (exact) mass is 280 g/mol. The van der Waals surface area contributed by atoms with Crippen LogP contribution >= 0.6 is 23.7 Å². The first-order valence-corrected chi connectivity index (χ1v) is 6.03. The van der Waals surface area contributed by atoms with Crippen LogP contribution in [0.4, 0.5) is 5.00 Å². The van der Waals surface area contributed by atoms with Crippen molar-refractivity contribution in [2.45, 2.75) is 19.4 Å². The molecule has 7 heteroatoms. The van der Waals surface area contributed by atoms with E-state index in [9.17, 15) is 10.1 Å². The summed E-state index contributed by atoms with van der Waals surface area (Å²) in [6, 6.07) is 1.62. The smallest absolute Gasteiger partial charge is 0.324 e. The Balaban J connectivity index is 0.00000256. The zero-order valence-corrected chi connectivity index (χ0v) is 11.3. The summed E-state index contributed by atoms with van der Waals surface area (Å²) in [5.41, 5.74) is 0.975. The molecule has 0 radical (unpaired) electrons. The molecule has 0 aliphatic carbocycles. The lowest BCUT2D eigenvalue weighted by atomic mass is 10.3.